The monoisotopic (exact) mass is 345 g/mol. The van der Waals surface area contributed by atoms with Crippen LogP contribution in [0.15, 0.2) is 35.7 Å². The number of nitrogens with one attached hydrogen (secondary N) is 3. The summed E-state index contributed by atoms with van der Waals surface area (Å²) < 4.78 is 0. The number of anilines is 2. The van der Waals surface area contributed by atoms with E-state index >= 15 is 0 Å². The molecule has 0 aliphatic rings. The first-order valence-corrected chi connectivity index (χ1v) is 8.82. The van der Waals surface area contributed by atoms with Crippen LogP contribution in [0.25, 0.3) is 0 Å². The van der Waals surface area contributed by atoms with Gasteiger partial charge >= 0.3 is 6.03 Å². The summed E-state index contributed by atoms with van der Waals surface area (Å²) in [5.74, 6) is -0.145. The molecule has 6 heteroatoms. The molecule has 0 saturated heterocycles. The Morgan fingerprint density at radius 1 is 1.17 bits per heavy atom. The lowest BCUT2D eigenvalue weighted by atomic mass is 10.1. The fourth-order valence-corrected chi connectivity index (χ4v) is 2.75. The standard InChI is InChI=1S/C18H23N3O2S/c1-12(2)17(22)20-14-7-6-13(3)16(11-14)21-18(23)19-9-8-15-5-4-10-24-15/h4-7,10-12H,8-9H2,1-3H3,(H,20,22)(H2,19,21,23). The molecule has 0 aliphatic carbocycles. The van der Waals surface area contributed by atoms with E-state index in [4.69, 9.17) is 0 Å². The molecule has 3 N–H and O–H groups in total. The van der Waals surface area contributed by atoms with Gasteiger partial charge in [0.1, 0.15) is 0 Å². The first-order chi connectivity index (χ1) is 11.5. The fraction of sp³-hybridized carbons (Fsp3) is 0.333. The van der Waals surface area contributed by atoms with E-state index < -0.39 is 0 Å². The molecule has 1 aromatic carbocycles. The normalized spacial score (nSPS) is 10.5. The summed E-state index contributed by atoms with van der Waals surface area (Å²) in [5, 5.41) is 10.5. The van der Waals surface area contributed by atoms with Gasteiger partial charge < -0.3 is 16.0 Å². The Morgan fingerprint density at radius 3 is 2.62 bits per heavy atom. The highest BCUT2D eigenvalue weighted by molar-refractivity contribution is 7.09. The van der Waals surface area contributed by atoms with Gasteiger partial charge in [0.2, 0.25) is 5.91 Å². The predicted octanol–water partition coefficient (Wildman–Crippen LogP) is 4.02. The second kappa shape index (κ2) is 8.49. The van der Waals surface area contributed by atoms with Crippen LogP contribution in [0.1, 0.15) is 24.3 Å². The van der Waals surface area contributed by atoms with Crippen LogP contribution >= 0.6 is 11.3 Å². The molecule has 0 fully saturated rings. The smallest absolute Gasteiger partial charge is 0.319 e. The molecular formula is C18H23N3O2S. The Kier molecular flexibility index (Phi) is 6.37. The lowest BCUT2D eigenvalue weighted by Gasteiger charge is -2.13. The van der Waals surface area contributed by atoms with Gasteiger partial charge in [0.15, 0.2) is 0 Å². The van der Waals surface area contributed by atoms with Gasteiger partial charge in [-0.25, -0.2) is 4.79 Å². The van der Waals surface area contributed by atoms with Gasteiger partial charge in [-0.1, -0.05) is 26.0 Å². The maximum absolute atomic E-state index is 12.0. The van der Waals surface area contributed by atoms with E-state index in [9.17, 15) is 9.59 Å². The summed E-state index contributed by atoms with van der Waals surface area (Å²) >= 11 is 1.68. The van der Waals surface area contributed by atoms with Crippen LogP contribution in [-0.4, -0.2) is 18.5 Å². The molecule has 128 valence electrons. The largest absolute Gasteiger partial charge is 0.338 e. The molecule has 0 radical (unpaired) electrons. The molecule has 0 aliphatic heterocycles. The zero-order chi connectivity index (χ0) is 17.5. The van der Waals surface area contributed by atoms with Crippen LogP contribution in [0.2, 0.25) is 0 Å². The third kappa shape index (κ3) is 5.38. The highest BCUT2D eigenvalue weighted by Crippen LogP contribution is 2.20. The van der Waals surface area contributed by atoms with Crippen molar-refractivity contribution >= 4 is 34.6 Å². The Hall–Kier alpha value is -2.34. The quantitative estimate of drug-likeness (QED) is 0.740. The van der Waals surface area contributed by atoms with E-state index in [1.807, 2.05) is 44.4 Å². The van der Waals surface area contributed by atoms with Crippen molar-refractivity contribution in [3.63, 3.8) is 0 Å². The van der Waals surface area contributed by atoms with Crippen molar-refractivity contribution in [3.8, 4) is 0 Å². The summed E-state index contributed by atoms with van der Waals surface area (Å²) in [6, 6.07) is 9.28. The first-order valence-electron chi connectivity index (χ1n) is 7.94. The molecule has 0 spiro atoms. The number of hydrogen-bond acceptors (Lipinski definition) is 3. The number of hydrogen-bond donors (Lipinski definition) is 3. The summed E-state index contributed by atoms with van der Waals surface area (Å²) in [7, 11) is 0. The van der Waals surface area contributed by atoms with Crippen molar-refractivity contribution in [2.75, 3.05) is 17.2 Å². The first kappa shape index (κ1) is 18.0. The maximum Gasteiger partial charge on any atom is 0.319 e. The number of aryl methyl sites for hydroxylation is 1. The molecule has 1 heterocycles. The van der Waals surface area contributed by atoms with Crippen molar-refractivity contribution in [1.82, 2.24) is 5.32 Å². The van der Waals surface area contributed by atoms with Gasteiger partial charge in [-0.2, -0.15) is 0 Å². The molecule has 3 amide bonds. The van der Waals surface area contributed by atoms with Crippen molar-refractivity contribution in [2.45, 2.75) is 27.2 Å². The molecule has 1 aromatic heterocycles. The third-order valence-electron chi connectivity index (χ3n) is 3.51. The molecule has 5 nitrogen and oxygen atoms in total. The number of carbonyl (C=O) groups excluding carboxylic acids is 2. The van der Waals surface area contributed by atoms with Gasteiger partial charge in [-0.05, 0) is 42.5 Å². The zero-order valence-corrected chi connectivity index (χ0v) is 15.0. The van der Waals surface area contributed by atoms with E-state index in [1.165, 1.54) is 4.88 Å². The Labute approximate surface area is 146 Å². The highest BCUT2D eigenvalue weighted by atomic mass is 32.1. The summed E-state index contributed by atoms with van der Waals surface area (Å²) in [6.07, 6.45) is 0.814. The molecule has 0 atom stereocenters. The molecule has 2 rings (SSSR count). The average Bonchev–Trinajstić information content (AvgIpc) is 3.03. The van der Waals surface area contributed by atoms with Gasteiger partial charge in [0.05, 0.1) is 0 Å². The van der Waals surface area contributed by atoms with Crippen LogP contribution in [0.3, 0.4) is 0 Å². The minimum Gasteiger partial charge on any atom is -0.338 e. The van der Waals surface area contributed by atoms with Gasteiger partial charge in [-0.15, -0.1) is 11.3 Å². The molecule has 0 bridgehead atoms. The fourth-order valence-electron chi connectivity index (χ4n) is 2.04. The molecular weight excluding hydrogens is 322 g/mol. The number of rotatable bonds is 6. The number of thiophene rings is 1. The second-order valence-corrected chi connectivity index (χ2v) is 6.92. The Bertz CT molecular complexity index is 696. The topological polar surface area (TPSA) is 70.2 Å². The molecule has 2 aromatic rings. The van der Waals surface area contributed by atoms with Crippen molar-refractivity contribution in [3.05, 3.63) is 46.2 Å². The lowest BCUT2D eigenvalue weighted by Crippen LogP contribution is -2.30. The highest BCUT2D eigenvalue weighted by Gasteiger charge is 2.09. The van der Waals surface area contributed by atoms with Gasteiger partial charge in [0.25, 0.3) is 0 Å². The Morgan fingerprint density at radius 2 is 1.96 bits per heavy atom. The third-order valence-corrected chi connectivity index (χ3v) is 4.45. The number of carbonyl (C=O) groups is 2. The van der Waals surface area contributed by atoms with Crippen LogP contribution in [-0.2, 0) is 11.2 Å². The second-order valence-electron chi connectivity index (χ2n) is 5.88. The average molecular weight is 345 g/mol. The van der Waals surface area contributed by atoms with Crippen LogP contribution in [0.4, 0.5) is 16.2 Å². The van der Waals surface area contributed by atoms with Crippen LogP contribution < -0.4 is 16.0 Å². The predicted molar refractivity (Wildman–Crippen MR) is 99.7 cm³/mol. The number of urea groups is 1. The minimum absolute atomic E-state index is 0.0507. The minimum atomic E-state index is -0.248. The number of benzene rings is 1. The summed E-state index contributed by atoms with van der Waals surface area (Å²) in [6.45, 7) is 6.16. The van der Waals surface area contributed by atoms with E-state index in [-0.39, 0.29) is 17.9 Å². The van der Waals surface area contributed by atoms with E-state index in [1.54, 1.807) is 17.4 Å². The SMILES string of the molecule is Cc1ccc(NC(=O)C(C)C)cc1NC(=O)NCCc1cccs1. The molecule has 0 saturated carbocycles. The lowest BCUT2D eigenvalue weighted by molar-refractivity contribution is -0.118. The summed E-state index contributed by atoms with van der Waals surface area (Å²) in [4.78, 5) is 25.0. The summed E-state index contributed by atoms with van der Waals surface area (Å²) in [5.41, 5.74) is 2.30. The van der Waals surface area contributed by atoms with Gasteiger partial charge in [-0.3, -0.25) is 4.79 Å². The number of amides is 3. The van der Waals surface area contributed by atoms with Crippen LogP contribution in [0.5, 0.6) is 0 Å². The maximum atomic E-state index is 12.0. The van der Waals surface area contributed by atoms with Crippen molar-refractivity contribution < 1.29 is 9.59 Å². The van der Waals surface area contributed by atoms with Crippen molar-refractivity contribution in [1.29, 1.82) is 0 Å². The zero-order valence-electron chi connectivity index (χ0n) is 14.2. The molecule has 24 heavy (non-hydrogen) atoms. The van der Waals surface area contributed by atoms with Gasteiger partial charge in [0, 0.05) is 28.7 Å². The Balaban J connectivity index is 1.90. The van der Waals surface area contributed by atoms with Crippen molar-refractivity contribution in [2.24, 2.45) is 5.92 Å². The van der Waals surface area contributed by atoms with E-state index in [0.29, 0.717) is 17.9 Å². The van der Waals surface area contributed by atoms with E-state index in [0.717, 1.165) is 12.0 Å². The van der Waals surface area contributed by atoms with E-state index in [2.05, 4.69) is 22.0 Å². The molecule has 0 unspecified atom stereocenters. The van der Waals surface area contributed by atoms with Crippen LogP contribution in [0, 0.1) is 12.8 Å².